The van der Waals surface area contributed by atoms with Gasteiger partial charge in [0.15, 0.2) is 0 Å². The first-order valence-electron chi connectivity index (χ1n) is 9.14. The van der Waals surface area contributed by atoms with Crippen LogP contribution in [0.3, 0.4) is 0 Å². The molecule has 0 spiro atoms. The molecule has 0 saturated heterocycles. The summed E-state index contributed by atoms with van der Waals surface area (Å²) in [5.41, 5.74) is 7.97. The monoisotopic (exact) mass is 408 g/mol. The Morgan fingerprint density at radius 1 is 1.00 bits per heavy atom. The first-order chi connectivity index (χ1) is 13.0. The van der Waals surface area contributed by atoms with Crippen molar-refractivity contribution < 1.29 is 9.53 Å². The van der Waals surface area contributed by atoms with E-state index in [1.165, 1.54) is 0 Å². The molecule has 2 aromatic carbocycles. The van der Waals surface area contributed by atoms with Crippen LogP contribution in [0.4, 0.5) is 4.79 Å². The van der Waals surface area contributed by atoms with Gasteiger partial charge >= 0.3 is 6.09 Å². The van der Waals surface area contributed by atoms with Crippen LogP contribution in [0.15, 0.2) is 48.5 Å². The summed E-state index contributed by atoms with van der Waals surface area (Å²) in [6, 6.07) is 14.7. The van der Waals surface area contributed by atoms with Crippen LogP contribution in [-0.4, -0.2) is 23.6 Å². The molecule has 146 valence electrons. The second-order valence-electron chi connectivity index (χ2n) is 6.59. The number of halogens is 2. The molecule has 6 heteroatoms. The van der Waals surface area contributed by atoms with Crippen molar-refractivity contribution in [2.45, 2.75) is 45.3 Å². The number of benzene rings is 2. The van der Waals surface area contributed by atoms with Gasteiger partial charge in [0.1, 0.15) is 6.61 Å². The van der Waals surface area contributed by atoms with E-state index in [1.54, 1.807) is 4.90 Å². The maximum Gasteiger partial charge on any atom is 0.410 e. The fraction of sp³-hybridized carbons (Fsp3) is 0.381. The molecule has 0 aliphatic heterocycles. The number of nitrogens with zero attached hydrogens (tertiary/aromatic N) is 1. The summed E-state index contributed by atoms with van der Waals surface area (Å²) in [5, 5.41) is 1.32. The molecule has 0 saturated carbocycles. The maximum absolute atomic E-state index is 12.7. The van der Waals surface area contributed by atoms with E-state index in [0.29, 0.717) is 23.1 Å². The summed E-state index contributed by atoms with van der Waals surface area (Å²) >= 11 is 11.9. The third-order valence-electron chi connectivity index (χ3n) is 4.18. The van der Waals surface area contributed by atoms with Crippen LogP contribution in [-0.2, 0) is 17.8 Å². The molecule has 2 aromatic rings. The number of hydrogen-bond acceptors (Lipinski definition) is 3. The SMILES string of the molecule is CCCC[C@H](N)COC(=O)N(Cc1ccc(Cl)cc1)Cc1ccc(Cl)cc1. The lowest BCUT2D eigenvalue weighted by atomic mass is 10.1. The minimum Gasteiger partial charge on any atom is -0.448 e. The molecule has 2 rings (SSSR count). The molecule has 27 heavy (non-hydrogen) atoms. The lowest BCUT2D eigenvalue weighted by Crippen LogP contribution is -2.35. The molecule has 1 amide bonds. The van der Waals surface area contributed by atoms with Crippen LogP contribution in [0.1, 0.15) is 37.3 Å². The molecule has 0 aliphatic rings. The van der Waals surface area contributed by atoms with Crippen molar-refractivity contribution in [2.75, 3.05) is 6.61 Å². The number of ether oxygens (including phenoxy) is 1. The molecule has 0 fully saturated rings. The van der Waals surface area contributed by atoms with Crippen molar-refractivity contribution >= 4 is 29.3 Å². The van der Waals surface area contributed by atoms with Crippen molar-refractivity contribution in [1.29, 1.82) is 0 Å². The molecule has 0 heterocycles. The average molecular weight is 409 g/mol. The summed E-state index contributed by atoms with van der Waals surface area (Å²) < 4.78 is 5.46. The Bertz CT molecular complexity index is 658. The standard InChI is InChI=1S/C21H26Cl2N2O2/c1-2-3-4-20(24)15-27-21(26)25(13-16-5-9-18(22)10-6-16)14-17-7-11-19(23)12-8-17/h5-12,20H,2-4,13-15,24H2,1H3/t20-/m0/s1. The zero-order chi connectivity index (χ0) is 19.6. The zero-order valence-corrected chi connectivity index (χ0v) is 17.0. The lowest BCUT2D eigenvalue weighted by molar-refractivity contribution is 0.0907. The van der Waals surface area contributed by atoms with Gasteiger partial charge in [-0.2, -0.15) is 0 Å². The molecule has 0 unspecified atom stereocenters. The molecule has 0 aromatic heterocycles. The molecule has 0 radical (unpaired) electrons. The fourth-order valence-electron chi connectivity index (χ4n) is 2.62. The highest BCUT2D eigenvalue weighted by Gasteiger charge is 2.17. The van der Waals surface area contributed by atoms with Gasteiger partial charge in [-0.25, -0.2) is 4.79 Å². The van der Waals surface area contributed by atoms with Gasteiger partial charge in [-0.3, -0.25) is 4.90 Å². The summed E-state index contributed by atoms with van der Waals surface area (Å²) in [7, 11) is 0. The van der Waals surface area contributed by atoms with Crippen LogP contribution in [0.5, 0.6) is 0 Å². The molecule has 0 aliphatic carbocycles. The maximum atomic E-state index is 12.7. The molecule has 0 bridgehead atoms. The van der Waals surface area contributed by atoms with Gasteiger partial charge in [-0.05, 0) is 41.8 Å². The van der Waals surface area contributed by atoms with E-state index < -0.39 is 0 Å². The van der Waals surface area contributed by atoms with Crippen molar-refractivity contribution in [3.8, 4) is 0 Å². The largest absolute Gasteiger partial charge is 0.448 e. The van der Waals surface area contributed by atoms with E-state index in [0.717, 1.165) is 30.4 Å². The predicted octanol–water partition coefficient (Wildman–Crippen LogP) is 5.65. The average Bonchev–Trinajstić information content (AvgIpc) is 2.67. The van der Waals surface area contributed by atoms with Crippen LogP contribution < -0.4 is 5.73 Å². The van der Waals surface area contributed by atoms with Gasteiger partial charge in [0.05, 0.1) is 0 Å². The lowest BCUT2D eigenvalue weighted by Gasteiger charge is -2.23. The third kappa shape index (κ3) is 7.79. The topological polar surface area (TPSA) is 55.6 Å². The molecular formula is C21H26Cl2N2O2. The van der Waals surface area contributed by atoms with Crippen molar-refractivity contribution in [3.63, 3.8) is 0 Å². The van der Waals surface area contributed by atoms with E-state index in [4.69, 9.17) is 33.7 Å². The van der Waals surface area contributed by atoms with Gasteiger partial charge in [0, 0.05) is 29.2 Å². The number of nitrogens with two attached hydrogens (primary N) is 1. The van der Waals surface area contributed by atoms with E-state index in [2.05, 4.69) is 6.92 Å². The van der Waals surface area contributed by atoms with E-state index >= 15 is 0 Å². The van der Waals surface area contributed by atoms with Gasteiger partial charge in [-0.15, -0.1) is 0 Å². The Labute approximate surface area is 171 Å². The first kappa shape index (κ1) is 21.5. The second-order valence-corrected chi connectivity index (χ2v) is 7.46. The summed E-state index contributed by atoms with van der Waals surface area (Å²) in [6.07, 6.45) is 2.56. The highest BCUT2D eigenvalue weighted by molar-refractivity contribution is 6.30. The second kappa shape index (κ2) is 11.2. The van der Waals surface area contributed by atoms with E-state index in [-0.39, 0.29) is 18.7 Å². The minimum atomic E-state index is -0.383. The van der Waals surface area contributed by atoms with Gasteiger partial charge < -0.3 is 10.5 Å². The Morgan fingerprint density at radius 2 is 1.48 bits per heavy atom. The number of rotatable bonds is 9. The van der Waals surface area contributed by atoms with E-state index in [9.17, 15) is 4.79 Å². The smallest absolute Gasteiger partial charge is 0.410 e. The van der Waals surface area contributed by atoms with Crippen molar-refractivity contribution in [2.24, 2.45) is 5.73 Å². The van der Waals surface area contributed by atoms with Gasteiger partial charge in [0.2, 0.25) is 0 Å². The molecule has 4 nitrogen and oxygen atoms in total. The van der Waals surface area contributed by atoms with E-state index in [1.807, 2.05) is 48.5 Å². The normalized spacial score (nSPS) is 11.9. The zero-order valence-electron chi connectivity index (χ0n) is 15.5. The quantitative estimate of drug-likeness (QED) is 0.582. The summed E-state index contributed by atoms with van der Waals surface area (Å²) in [6.45, 7) is 3.17. The number of hydrogen-bond donors (Lipinski definition) is 1. The van der Waals surface area contributed by atoms with Crippen LogP contribution >= 0.6 is 23.2 Å². The number of amides is 1. The van der Waals surface area contributed by atoms with Gasteiger partial charge in [0.25, 0.3) is 0 Å². The number of carbonyl (C=O) groups is 1. The number of unbranched alkanes of at least 4 members (excludes halogenated alkanes) is 1. The Hall–Kier alpha value is -1.75. The third-order valence-corrected chi connectivity index (χ3v) is 4.68. The molecule has 2 N–H and O–H groups in total. The Morgan fingerprint density at radius 3 is 1.93 bits per heavy atom. The van der Waals surface area contributed by atoms with Crippen molar-refractivity contribution in [3.05, 3.63) is 69.7 Å². The van der Waals surface area contributed by atoms with Gasteiger partial charge in [-0.1, -0.05) is 67.2 Å². The number of carbonyl (C=O) groups excluding carboxylic acids is 1. The predicted molar refractivity (Wildman–Crippen MR) is 111 cm³/mol. The van der Waals surface area contributed by atoms with Crippen molar-refractivity contribution in [1.82, 2.24) is 4.90 Å². The Kier molecular flexibility index (Phi) is 8.92. The van der Waals surface area contributed by atoms with Crippen LogP contribution in [0.25, 0.3) is 0 Å². The molecular weight excluding hydrogens is 383 g/mol. The Balaban J connectivity index is 2.04. The highest BCUT2D eigenvalue weighted by Crippen LogP contribution is 2.16. The summed E-state index contributed by atoms with van der Waals surface area (Å²) in [4.78, 5) is 14.3. The van der Waals surface area contributed by atoms with Crippen LogP contribution in [0.2, 0.25) is 10.0 Å². The minimum absolute atomic E-state index is 0.137. The first-order valence-corrected chi connectivity index (χ1v) is 9.89. The summed E-state index contributed by atoms with van der Waals surface area (Å²) in [5.74, 6) is 0. The fourth-order valence-corrected chi connectivity index (χ4v) is 2.88. The van der Waals surface area contributed by atoms with Crippen LogP contribution in [0, 0.1) is 0 Å². The highest BCUT2D eigenvalue weighted by atomic mass is 35.5. The molecule has 1 atom stereocenters.